The van der Waals surface area contributed by atoms with Gasteiger partial charge < -0.3 is 10.0 Å². The van der Waals surface area contributed by atoms with Crippen LogP contribution in [0.3, 0.4) is 0 Å². The van der Waals surface area contributed by atoms with Gasteiger partial charge in [0.05, 0.1) is 5.92 Å². The predicted molar refractivity (Wildman–Crippen MR) is 82.6 cm³/mol. The normalized spacial score (nSPS) is 16.7. The van der Waals surface area contributed by atoms with E-state index in [1.807, 2.05) is 24.3 Å². The van der Waals surface area contributed by atoms with Crippen LogP contribution in [-0.4, -0.2) is 38.4 Å². The third-order valence-corrected chi connectivity index (χ3v) is 4.09. The van der Waals surface area contributed by atoms with Gasteiger partial charge in [-0.15, -0.1) is 0 Å². The van der Waals surface area contributed by atoms with Crippen LogP contribution in [0.25, 0.3) is 0 Å². The van der Waals surface area contributed by atoms with Gasteiger partial charge in [0.25, 0.3) is 0 Å². The Labute approximate surface area is 133 Å². The quantitative estimate of drug-likeness (QED) is 0.927. The Morgan fingerprint density at radius 3 is 2.70 bits per heavy atom. The number of carbonyl (C=O) groups is 2. The number of carbonyl (C=O) groups excluding carboxylic acids is 1. The highest BCUT2D eigenvalue weighted by atomic mass is 16.4. The molecule has 0 aliphatic carbocycles. The molecule has 0 saturated heterocycles. The van der Waals surface area contributed by atoms with Gasteiger partial charge in [-0.2, -0.15) is 0 Å². The summed E-state index contributed by atoms with van der Waals surface area (Å²) in [5, 5.41) is 9.44. The van der Waals surface area contributed by atoms with Crippen molar-refractivity contribution in [3.8, 4) is 0 Å². The van der Waals surface area contributed by atoms with E-state index in [1.165, 1.54) is 6.33 Å². The first-order valence-electron chi connectivity index (χ1n) is 7.47. The molecule has 1 amide bonds. The van der Waals surface area contributed by atoms with E-state index in [4.69, 9.17) is 0 Å². The number of carboxylic acids is 1. The molecule has 0 radical (unpaired) electrons. The van der Waals surface area contributed by atoms with Gasteiger partial charge in [-0.3, -0.25) is 9.59 Å². The van der Waals surface area contributed by atoms with Crippen molar-refractivity contribution in [1.29, 1.82) is 0 Å². The van der Waals surface area contributed by atoms with E-state index in [0.29, 0.717) is 19.4 Å². The van der Waals surface area contributed by atoms with Crippen LogP contribution in [0.5, 0.6) is 0 Å². The summed E-state index contributed by atoms with van der Waals surface area (Å²) >= 11 is 0. The van der Waals surface area contributed by atoms with Crippen molar-refractivity contribution in [3.05, 3.63) is 59.7 Å². The number of benzene rings is 1. The third-order valence-electron chi connectivity index (χ3n) is 4.09. The molecule has 0 bridgehead atoms. The third kappa shape index (κ3) is 3.36. The number of hydrogen-bond acceptors (Lipinski definition) is 4. The fourth-order valence-corrected chi connectivity index (χ4v) is 2.88. The maximum atomic E-state index is 12.4. The van der Waals surface area contributed by atoms with E-state index in [1.54, 1.807) is 17.3 Å². The minimum atomic E-state index is -0.897. The molecule has 1 aromatic carbocycles. The number of carboxylic acid groups (broad SMARTS) is 1. The zero-order valence-electron chi connectivity index (χ0n) is 12.6. The summed E-state index contributed by atoms with van der Waals surface area (Å²) in [6, 6.07) is 7.42. The van der Waals surface area contributed by atoms with Gasteiger partial charge in [0, 0.05) is 31.9 Å². The minimum Gasteiger partial charge on any atom is -0.481 e. The molecule has 23 heavy (non-hydrogen) atoms. The van der Waals surface area contributed by atoms with E-state index in [0.717, 1.165) is 16.7 Å². The summed E-state index contributed by atoms with van der Waals surface area (Å²) in [4.78, 5) is 33.4. The van der Waals surface area contributed by atoms with Gasteiger partial charge >= 0.3 is 5.97 Å². The number of rotatable bonds is 4. The number of aliphatic carboxylic acids is 1. The van der Waals surface area contributed by atoms with E-state index >= 15 is 0 Å². The fourth-order valence-electron chi connectivity index (χ4n) is 2.88. The smallest absolute Gasteiger partial charge is 0.312 e. The summed E-state index contributed by atoms with van der Waals surface area (Å²) in [7, 11) is 0. The average molecular weight is 311 g/mol. The highest BCUT2D eigenvalue weighted by molar-refractivity contribution is 5.81. The maximum Gasteiger partial charge on any atom is 0.312 e. The number of amides is 1. The van der Waals surface area contributed by atoms with Crippen LogP contribution < -0.4 is 0 Å². The molecule has 3 rings (SSSR count). The molecule has 1 aromatic heterocycles. The zero-order valence-corrected chi connectivity index (χ0v) is 12.6. The Hall–Kier alpha value is -2.76. The molecule has 1 unspecified atom stereocenters. The Kier molecular flexibility index (Phi) is 4.32. The van der Waals surface area contributed by atoms with Crippen molar-refractivity contribution in [1.82, 2.24) is 14.9 Å². The van der Waals surface area contributed by atoms with Crippen molar-refractivity contribution in [3.63, 3.8) is 0 Å². The lowest BCUT2D eigenvalue weighted by Crippen LogP contribution is -2.40. The second-order valence-corrected chi connectivity index (χ2v) is 5.61. The molecule has 2 heterocycles. The molecular formula is C17H17N3O3. The van der Waals surface area contributed by atoms with Crippen LogP contribution >= 0.6 is 0 Å². The second-order valence-electron chi connectivity index (χ2n) is 5.61. The summed E-state index contributed by atoms with van der Waals surface area (Å²) in [6.07, 6.45) is 5.69. The lowest BCUT2D eigenvalue weighted by atomic mass is 9.89. The van der Waals surface area contributed by atoms with E-state index in [2.05, 4.69) is 9.97 Å². The summed E-state index contributed by atoms with van der Waals surface area (Å²) in [6.45, 7) is 0.681. The average Bonchev–Trinajstić information content (AvgIpc) is 2.59. The molecule has 118 valence electrons. The van der Waals surface area contributed by atoms with Crippen molar-refractivity contribution in [2.45, 2.75) is 25.3 Å². The molecule has 6 nitrogen and oxygen atoms in total. The van der Waals surface area contributed by atoms with Crippen LogP contribution in [0.15, 0.2) is 43.0 Å². The van der Waals surface area contributed by atoms with Gasteiger partial charge in [-0.25, -0.2) is 9.97 Å². The van der Waals surface area contributed by atoms with Crippen molar-refractivity contribution < 1.29 is 14.7 Å². The summed E-state index contributed by atoms with van der Waals surface area (Å²) in [5.74, 6) is -1.61. The van der Waals surface area contributed by atoms with Crippen molar-refractivity contribution in [2.24, 2.45) is 0 Å². The number of aryl methyl sites for hydroxylation is 1. The standard InChI is InChI=1S/C17H17N3O3/c21-16(6-5-12-7-18-11-19-8-12)20-9-13-3-1-2-4-14(13)15(10-20)17(22)23/h1-4,7-8,11,15H,5-6,9-10H2,(H,22,23). The van der Waals surface area contributed by atoms with Gasteiger partial charge in [0.2, 0.25) is 5.91 Å². The first kappa shape index (κ1) is 15.1. The molecular weight excluding hydrogens is 294 g/mol. The lowest BCUT2D eigenvalue weighted by Gasteiger charge is -2.33. The predicted octanol–water partition coefficient (Wildman–Crippen LogP) is 1.62. The Morgan fingerprint density at radius 1 is 1.22 bits per heavy atom. The first-order chi connectivity index (χ1) is 11.1. The SMILES string of the molecule is O=C(O)C1CN(C(=O)CCc2cncnc2)Cc2ccccc21. The lowest BCUT2D eigenvalue weighted by molar-refractivity contribution is -0.141. The van der Waals surface area contributed by atoms with E-state index in [9.17, 15) is 14.7 Å². The highest BCUT2D eigenvalue weighted by Crippen LogP contribution is 2.28. The van der Waals surface area contributed by atoms with Gasteiger partial charge in [-0.1, -0.05) is 24.3 Å². The molecule has 0 spiro atoms. The van der Waals surface area contributed by atoms with Gasteiger partial charge in [-0.05, 0) is 23.1 Å². The molecule has 1 N–H and O–H groups in total. The molecule has 1 atom stereocenters. The Balaban J connectivity index is 1.71. The summed E-state index contributed by atoms with van der Waals surface area (Å²) in [5.41, 5.74) is 2.61. The largest absolute Gasteiger partial charge is 0.481 e. The molecule has 1 aliphatic heterocycles. The Bertz CT molecular complexity index is 718. The van der Waals surface area contributed by atoms with Crippen LogP contribution in [0.4, 0.5) is 0 Å². The number of hydrogen-bond donors (Lipinski definition) is 1. The van der Waals surface area contributed by atoms with Gasteiger partial charge in [0.1, 0.15) is 6.33 Å². The van der Waals surface area contributed by atoms with Crippen molar-refractivity contribution >= 4 is 11.9 Å². The van der Waals surface area contributed by atoms with Crippen molar-refractivity contribution in [2.75, 3.05) is 6.54 Å². The fraction of sp³-hybridized carbons (Fsp3) is 0.294. The van der Waals surface area contributed by atoms with E-state index < -0.39 is 11.9 Å². The molecule has 0 fully saturated rings. The monoisotopic (exact) mass is 311 g/mol. The minimum absolute atomic E-state index is 0.0467. The van der Waals surface area contributed by atoms with Crippen LogP contribution in [-0.2, 0) is 22.6 Å². The van der Waals surface area contributed by atoms with E-state index in [-0.39, 0.29) is 12.5 Å². The maximum absolute atomic E-state index is 12.4. The highest BCUT2D eigenvalue weighted by Gasteiger charge is 2.32. The topological polar surface area (TPSA) is 83.4 Å². The van der Waals surface area contributed by atoms with Crippen LogP contribution in [0.1, 0.15) is 29.0 Å². The molecule has 1 aliphatic rings. The second kappa shape index (κ2) is 6.56. The number of nitrogens with zero attached hydrogens (tertiary/aromatic N) is 3. The summed E-state index contributed by atoms with van der Waals surface area (Å²) < 4.78 is 0. The number of aromatic nitrogens is 2. The molecule has 6 heteroatoms. The number of fused-ring (bicyclic) bond motifs is 1. The first-order valence-corrected chi connectivity index (χ1v) is 7.47. The zero-order chi connectivity index (χ0) is 16.2. The molecule has 0 saturated carbocycles. The van der Waals surface area contributed by atoms with Crippen LogP contribution in [0, 0.1) is 0 Å². The Morgan fingerprint density at radius 2 is 1.96 bits per heavy atom. The molecule has 2 aromatic rings. The van der Waals surface area contributed by atoms with Gasteiger partial charge in [0.15, 0.2) is 0 Å². The van der Waals surface area contributed by atoms with Crippen LogP contribution in [0.2, 0.25) is 0 Å².